The fourth-order valence-electron chi connectivity index (χ4n) is 16.3. The number of carbonyl (C=O) groups excluding carboxylic acids is 4. The maximum Gasteiger partial charge on any atom is 0.240 e. The minimum atomic E-state index is -0.435. The summed E-state index contributed by atoms with van der Waals surface area (Å²) < 4.78 is 35.0. The summed E-state index contributed by atoms with van der Waals surface area (Å²) in [5.41, 5.74) is 18.6. The molecular formula is C92H96F2N8O4S4. The molecule has 0 fully saturated rings. The van der Waals surface area contributed by atoms with Crippen LogP contribution >= 0.6 is 47.0 Å². The number of carbonyl (C=O) groups is 4. The SMILES string of the molecule is C#CCn1c2c(c3ccccc31)C(C(=O)N(CC)CC)Sc1ccccc1-2.C=C(C)n1c2c(c3ccccc31)C(C(=O)N(CC)CC)Sc1ccccc1-2.CCN(CC)C(=O)C1Sc2ccccc2-c2c1c1ccccc1n2CCCCF.CCN(CC)C(=O)C1Sc2ccccc2-c2c1c1ccccc1n2CCF. The van der Waals surface area contributed by atoms with Crippen molar-refractivity contribution in [3.63, 3.8) is 0 Å². The lowest BCUT2D eigenvalue weighted by Crippen LogP contribution is -2.34. The van der Waals surface area contributed by atoms with E-state index < -0.39 is 6.67 Å². The van der Waals surface area contributed by atoms with E-state index in [-0.39, 0.29) is 51.3 Å². The number of unbranched alkanes of at least 4 members (excludes halogenated alkanes) is 1. The van der Waals surface area contributed by atoms with E-state index in [1.807, 2.05) is 171 Å². The zero-order valence-electron chi connectivity index (χ0n) is 64.3. The lowest BCUT2D eigenvalue weighted by atomic mass is 10.0. The summed E-state index contributed by atoms with van der Waals surface area (Å²) in [6, 6.07) is 66.2. The molecule has 566 valence electrons. The van der Waals surface area contributed by atoms with Crippen molar-refractivity contribution in [3.05, 3.63) is 223 Å². The van der Waals surface area contributed by atoms with Crippen LogP contribution in [0.15, 0.2) is 220 Å². The number of terminal acetylenes is 1. The number of nitrogens with zero attached hydrogens (tertiary/aromatic N) is 8. The van der Waals surface area contributed by atoms with E-state index in [1.165, 1.54) is 11.1 Å². The van der Waals surface area contributed by atoms with Gasteiger partial charge < -0.3 is 37.9 Å². The number of hydrogen-bond acceptors (Lipinski definition) is 8. The summed E-state index contributed by atoms with van der Waals surface area (Å²) in [7, 11) is 0. The second kappa shape index (κ2) is 35.2. The first-order valence-electron chi connectivity index (χ1n) is 38.6. The highest BCUT2D eigenvalue weighted by Crippen LogP contribution is 2.58. The second-order valence-corrected chi connectivity index (χ2v) is 32.0. The monoisotopic (exact) mass is 1540 g/mol. The van der Waals surface area contributed by atoms with Crippen LogP contribution < -0.4 is 0 Å². The van der Waals surface area contributed by atoms with Crippen LogP contribution in [0.2, 0.25) is 0 Å². The highest BCUT2D eigenvalue weighted by Gasteiger charge is 2.42. The van der Waals surface area contributed by atoms with Crippen LogP contribution in [0.5, 0.6) is 0 Å². The molecule has 4 aliphatic heterocycles. The third-order valence-electron chi connectivity index (χ3n) is 21.4. The zero-order valence-corrected chi connectivity index (χ0v) is 67.5. The molecule has 0 bridgehead atoms. The van der Waals surface area contributed by atoms with Crippen molar-refractivity contribution < 1.29 is 28.0 Å². The second-order valence-electron chi connectivity index (χ2n) is 27.4. The lowest BCUT2D eigenvalue weighted by molar-refractivity contribution is -0.131. The Bertz CT molecular complexity index is 5460. The molecule has 4 atom stereocenters. The van der Waals surface area contributed by atoms with Crippen molar-refractivity contribution >= 4 is 120 Å². The Hall–Kier alpha value is -9.64. The van der Waals surface area contributed by atoms with Crippen LogP contribution in [0.25, 0.3) is 94.3 Å². The number of halogens is 2. The summed E-state index contributed by atoms with van der Waals surface area (Å²) >= 11 is 6.60. The number of allylic oxidation sites excluding steroid dienone is 1. The lowest BCUT2D eigenvalue weighted by Gasteiger charge is -2.30. The van der Waals surface area contributed by atoms with Gasteiger partial charge in [-0.2, -0.15) is 0 Å². The van der Waals surface area contributed by atoms with E-state index >= 15 is 0 Å². The maximum absolute atomic E-state index is 13.5. The number of para-hydroxylation sites is 4. The van der Waals surface area contributed by atoms with Crippen LogP contribution in [0.3, 0.4) is 0 Å². The van der Waals surface area contributed by atoms with Gasteiger partial charge in [-0.25, -0.2) is 4.39 Å². The van der Waals surface area contributed by atoms with Crippen LogP contribution in [0, 0.1) is 12.3 Å². The molecule has 4 aromatic heterocycles. The molecule has 12 aromatic rings. The number of fused-ring (bicyclic) bond motifs is 20. The number of thioether (sulfide) groups is 4. The Balaban J connectivity index is 0.000000129. The van der Waals surface area contributed by atoms with Gasteiger partial charge in [0.15, 0.2) is 0 Å². The van der Waals surface area contributed by atoms with E-state index in [2.05, 4.69) is 135 Å². The number of hydrogen-bond donors (Lipinski definition) is 0. The number of benzene rings is 8. The minimum absolute atomic E-state index is 0.129. The molecule has 4 unspecified atom stereocenters. The Kier molecular flexibility index (Phi) is 25.1. The summed E-state index contributed by atoms with van der Waals surface area (Å²) in [5.74, 6) is 3.45. The average Bonchev–Trinajstić information content (AvgIpc) is 1.58. The normalized spacial score (nSPS) is 15.3. The molecule has 0 radical (unpaired) electrons. The zero-order chi connectivity index (χ0) is 77.4. The molecule has 0 spiro atoms. The largest absolute Gasteiger partial charge is 0.342 e. The van der Waals surface area contributed by atoms with Gasteiger partial charge in [-0.3, -0.25) is 23.6 Å². The number of aryl methyl sites for hydroxylation is 2. The van der Waals surface area contributed by atoms with Crippen molar-refractivity contribution in [2.24, 2.45) is 0 Å². The van der Waals surface area contributed by atoms with Crippen LogP contribution in [-0.4, -0.2) is 127 Å². The molecule has 110 heavy (non-hydrogen) atoms. The summed E-state index contributed by atoms with van der Waals surface area (Å²) in [5, 5.41) is 3.40. The van der Waals surface area contributed by atoms with Gasteiger partial charge in [-0.1, -0.05) is 158 Å². The fraction of sp³-hybridized carbons (Fsp3) is 0.304. The molecule has 4 aliphatic rings. The van der Waals surface area contributed by atoms with Gasteiger partial charge in [-0.05, 0) is 124 Å². The van der Waals surface area contributed by atoms with Crippen molar-refractivity contribution in [3.8, 4) is 57.4 Å². The number of aromatic nitrogens is 4. The maximum atomic E-state index is 13.5. The summed E-state index contributed by atoms with van der Waals surface area (Å²) in [4.78, 5) is 65.9. The van der Waals surface area contributed by atoms with E-state index in [9.17, 15) is 28.0 Å². The first-order valence-corrected chi connectivity index (χ1v) is 42.1. The van der Waals surface area contributed by atoms with Gasteiger partial charge >= 0.3 is 0 Å². The van der Waals surface area contributed by atoms with Crippen molar-refractivity contribution in [1.82, 2.24) is 37.9 Å². The molecule has 0 aliphatic carbocycles. The summed E-state index contributed by atoms with van der Waals surface area (Å²) in [6.45, 7) is 29.0. The quantitative estimate of drug-likeness (QED) is 0.0549. The minimum Gasteiger partial charge on any atom is -0.342 e. The molecule has 0 saturated carbocycles. The molecule has 0 saturated heterocycles. The smallest absolute Gasteiger partial charge is 0.240 e. The van der Waals surface area contributed by atoms with Gasteiger partial charge in [0.05, 0.1) is 48.1 Å². The average molecular weight is 1540 g/mol. The van der Waals surface area contributed by atoms with Gasteiger partial charge in [0.2, 0.25) is 23.6 Å². The molecule has 18 heteroatoms. The van der Waals surface area contributed by atoms with Gasteiger partial charge in [0, 0.05) is 167 Å². The van der Waals surface area contributed by atoms with E-state index in [1.54, 1.807) is 47.0 Å². The van der Waals surface area contributed by atoms with Crippen molar-refractivity contribution in [2.75, 3.05) is 65.7 Å². The Labute approximate surface area is 662 Å². The topological polar surface area (TPSA) is 101 Å². The van der Waals surface area contributed by atoms with E-state index in [0.717, 1.165) is 151 Å². The molecule has 12 nitrogen and oxygen atoms in total. The highest BCUT2D eigenvalue weighted by atomic mass is 32.2. The Morgan fingerprint density at radius 3 is 0.964 bits per heavy atom. The molecule has 0 N–H and O–H groups in total. The first-order chi connectivity index (χ1) is 53.7. The number of likely N-dealkylation sites (N-methyl/N-ethyl adjacent to an activating group) is 4. The standard InChI is InChI=1S/C24H27FN2OS.C23H24N2OS.C23H22N2OS.C22H23FN2OS/c1-3-26(4-2)24(28)23-21-17-11-5-7-13-19(17)27(16-10-9-15-25)22(21)18-12-6-8-14-20(18)29-23;1-5-24(6-2)23(26)22-20-16-11-7-9-13-18(16)25(15(3)4)21(20)17-12-8-10-14-19(17)27-22;1-4-15-25-18-13-9-7-11-16(18)20-21(25)17-12-8-10-14-19(17)27-22(20)23(26)24(5-2)6-3;1-3-24(4-2)22(26)21-19-15-9-5-7-11-17(15)25(14-13-23)20(19)16-10-6-8-12-18(16)27-21/h5-8,11-14,23H,3-4,9-10,15-16H2,1-2H3;7-14,22H,3,5-6H2,1-2,4H3;1,7-14,22H,5-6,15H2,2-3H3;5-12,21H,3-4,13-14H2,1-2H3. The van der Waals surface area contributed by atoms with E-state index in [0.29, 0.717) is 58.8 Å². The molecular weight excluding hydrogens is 1450 g/mol. The molecule has 8 heterocycles. The summed E-state index contributed by atoms with van der Waals surface area (Å²) in [6.07, 6.45) is 7.04. The number of alkyl halides is 2. The van der Waals surface area contributed by atoms with Crippen LogP contribution in [0.1, 0.15) is 118 Å². The predicted molar refractivity (Wildman–Crippen MR) is 457 cm³/mol. The predicted octanol–water partition coefficient (Wildman–Crippen LogP) is 22.1. The Morgan fingerprint density at radius 1 is 0.373 bits per heavy atom. The molecule has 8 aromatic carbocycles. The van der Waals surface area contributed by atoms with Crippen molar-refractivity contribution in [2.45, 2.75) is 135 Å². The van der Waals surface area contributed by atoms with Gasteiger partial charge in [0.25, 0.3) is 0 Å². The third-order valence-corrected chi connectivity index (χ3v) is 26.6. The van der Waals surface area contributed by atoms with Crippen LogP contribution in [-0.2, 0) is 38.8 Å². The molecule has 16 rings (SSSR count). The van der Waals surface area contributed by atoms with Gasteiger partial charge in [0.1, 0.15) is 27.7 Å². The fourth-order valence-corrected chi connectivity index (χ4v) is 21.6. The first kappa shape index (κ1) is 78.5. The number of rotatable bonds is 20. The van der Waals surface area contributed by atoms with E-state index in [4.69, 9.17) is 6.42 Å². The molecule has 4 amide bonds. The van der Waals surface area contributed by atoms with Gasteiger partial charge in [-0.15, -0.1) is 53.5 Å². The van der Waals surface area contributed by atoms with Crippen LogP contribution in [0.4, 0.5) is 8.78 Å². The highest BCUT2D eigenvalue weighted by molar-refractivity contribution is 8.01. The van der Waals surface area contributed by atoms with Crippen molar-refractivity contribution in [1.29, 1.82) is 0 Å². The number of amides is 4. The third kappa shape index (κ3) is 14.5. The Morgan fingerprint density at radius 2 is 0.645 bits per heavy atom.